The van der Waals surface area contributed by atoms with Gasteiger partial charge in [0.1, 0.15) is 11.5 Å². The van der Waals surface area contributed by atoms with Crippen molar-refractivity contribution in [3.05, 3.63) is 53.8 Å². The van der Waals surface area contributed by atoms with Crippen LogP contribution in [0.2, 0.25) is 0 Å². The van der Waals surface area contributed by atoms with E-state index in [1.165, 1.54) is 12.1 Å². The molecule has 0 amide bonds. The van der Waals surface area contributed by atoms with Gasteiger partial charge in [-0.1, -0.05) is 13.3 Å². The van der Waals surface area contributed by atoms with Gasteiger partial charge in [0.25, 0.3) is 0 Å². The fourth-order valence-electron chi connectivity index (χ4n) is 2.05. The Morgan fingerprint density at radius 1 is 1.19 bits per heavy atom. The van der Waals surface area contributed by atoms with Gasteiger partial charge in [-0.25, -0.2) is 9.18 Å². The molecule has 2 rings (SSSR count). The normalized spacial score (nSPS) is 10.9. The number of hydrogen-bond acceptors (Lipinski definition) is 5. The van der Waals surface area contributed by atoms with Crippen molar-refractivity contribution in [2.75, 3.05) is 6.61 Å². The van der Waals surface area contributed by atoms with Crippen molar-refractivity contribution in [2.24, 2.45) is 0 Å². The standard InChI is InChI=1S/C20H20FNO4.ClH/c1-3-4-11-24-20(23)14(2)25-16-6-8-17(9-7-16)26-19-10-5-15(13-22)12-18(19)21;/h5-10,12,14H,3-4,11H2,1-2H3;1H/t14-;/m1./s1. The van der Waals surface area contributed by atoms with Gasteiger partial charge in [0, 0.05) is 0 Å². The van der Waals surface area contributed by atoms with Gasteiger partial charge in [-0.3, -0.25) is 0 Å². The minimum absolute atomic E-state index is 0. The van der Waals surface area contributed by atoms with Crippen molar-refractivity contribution in [1.82, 2.24) is 0 Å². The Bertz CT molecular complexity index is 790. The van der Waals surface area contributed by atoms with Crippen molar-refractivity contribution in [2.45, 2.75) is 32.8 Å². The van der Waals surface area contributed by atoms with Gasteiger partial charge >= 0.3 is 5.97 Å². The first kappa shape index (κ1) is 22.3. The third-order valence-electron chi connectivity index (χ3n) is 3.50. The van der Waals surface area contributed by atoms with Crippen molar-refractivity contribution >= 4 is 18.4 Å². The summed E-state index contributed by atoms with van der Waals surface area (Å²) in [6.45, 7) is 4.01. The summed E-state index contributed by atoms with van der Waals surface area (Å²) in [6.07, 6.45) is 1.04. The van der Waals surface area contributed by atoms with Gasteiger partial charge in [-0.15, -0.1) is 12.4 Å². The number of nitrogens with zero attached hydrogens (tertiary/aromatic N) is 1. The molecule has 2 aromatic carbocycles. The van der Waals surface area contributed by atoms with Crippen molar-refractivity contribution in [3.63, 3.8) is 0 Å². The van der Waals surface area contributed by atoms with Crippen LogP contribution in [0.5, 0.6) is 17.2 Å². The zero-order valence-electron chi connectivity index (χ0n) is 15.1. The van der Waals surface area contributed by atoms with Crippen molar-refractivity contribution < 1.29 is 23.4 Å². The first-order valence-electron chi connectivity index (χ1n) is 8.34. The average Bonchev–Trinajstić information content (AvgIpc) is 2.65. The second kappa shape index (κ2) is 11.0. The second-order valence-corrected chi connectivity index (χ2v) is 5.61. The number of nitriles is 1. The molecule has 0 heterocycles. The Kier molecular flexibility index (Phi) is 9.11. The van der Waals surface area contributed by atoms with Gasteiger partial charge in [-0.05, 0) is 55.8 Å². The van der Waals surface area contributed by atoms with E-state index in [1.54, 1.807) is 31.2 Å². The minimum atomic E-state index is -0.727. The van der Waals surface area contributed by atoms with Crippen LogP contribution in [0.1, 0.15) is 32.3 Å². The van der Waals surface area contributed by atoms with E-state index in [0.29, 0.717) is 18.1 Å². The van der Waals surface area contributed by atoms with Crippen molar-refractivity contribution in [1.29, 1.82) is 5.26 Å². The Morgan fingerprint density at radius 3 is 2.44 bits per heavy atom. The number of carbonyl (C=O) groups excluding carboxylic acids is 1. The van der Waals surface area contributed by atoms with E-state index in [0.717, 1.165) is 18.9 Å². The monoisotopic (exact) mass is 393 g/mol. The van der Waals surface area contributed by atoms with E-state index >= 15 is 0 Å². The molecule has 0 bridgehead atoms. The summed E-state index contributed by atoms with van der Waals surface area (Å²) in [6, 6.07) is 12.3. The highest BCUT2D eigenvalue weighted by Gasteiger charge is 2.16. The summed E-state index contributed by atoms with van der Waals surface area (Å²) in [7, 11) is 0. The number of halogens is 2. The molecule has 0 aromatic heterocycles. The lowest BCUT2D eigenvalue weighted by Crippen LogP contribution is -2.26. The fourth-order valence-corrected chi connectivity index (χ4v) is 2.05. The van der Waals surface area contributed by atoms with E-state index in [2.05, 4.69) is 0 Å². The van der Waals surface area contributed by atoms with Crippen LogP contribution in [0.4, 0.5) is 4.39 Å². The summed E-state index contributed by atoms with van der Waals surface area (Å²) < 4.78 is 29.9. The summed E-state index contributed by atoms with van der Waals surface area (Å²) in [5.74, 6) is -0.145. The number of benzene rings is 2. The van der Waals surface area contributed by atoms with E-state index in [4.69, 9.17) is 19.5 Å². The van der Waals surface area contributed by atoms with E-state index in [-0.39, 0.29) is 23.7 Å². The molecule has 0 spiro atoms. The first-order chi connectivity index (χ1) is 12.5. The molecule has 27 heavy (non-hydrogen) atoms. The third-order valence-corrected chi connectivity index (χ3v) is 3.50. The van der Waals surface area contributed by atoms with Crippen LogP contribution in [0, 0.1) is 17.1 Å². The fraction of sp³-hybridized carbons (Fsp3) is 0.300. The lowest BCUT2D eigenvalue weighted by molar-refractivity contribution is -0.151. The smallest absolute Gasteiger partial charge is 0.347 e. The largest absolute Gasteiger partial charge is 0.479 e. The molecule has 144 valence electrons. The Balaban J connectivity index is 0.00000364. The molecular weight excluding hydrogens is 373 g/mol. The Morgan fingerprint density at radius 2 is 1.85 bits per heavy atom. The molecule has 2 aromatic rings. The third kappa shape index (κ3) is 6.80. The molecule has 0 saturated carbocycles. The molecule has 0 saturated heterocycles. The van der Waals surface area contributed by atoms with Crippen LogP contribution in [0.25, 0.3) is 0 Å². The van der Waals surface area contributed by atoms with Crippen LogP contribution in [-0.2, 0) is 9.53 Å². The van der Waals surface area contributed by atoms with Gasteiger partial charge in [0.15, 0.2) is 17.7 Å². The number of rotatable bonds is 8. The predicted molar refractivity (Wildman–Crippen MR) is 101 cm³/mol. The van der Waals surface area contributed by atoms with E-state index < -0.39 is 17.9 Å². The molecule has 0 N–H and O–H groups in total. The lowest BCUT2D eigenvalue weighted by Gasteiger charge is -2.14. The maximum Gasteiger partial charge on any atom is 0.347 e. The highest BCUT2D eigenvalue weighted by atomic mass is 35.5. The quantitative estimate of drug-likeness (QED) is 0.465. The summed E-state index contributed by atoms with van der Waals surface area (Å²) >= 11 is 0. The molecule has 0 aliphatic rings. The zero-order valence-corrected chi connectivity index (χ0v) is 15.9. The van der Waals surface area contributed by atoms with Crippen molar-refractivity contribution in [3.8, 4) is 23.3 Å². The molecular formula is C20H21ClFNO4. The molecule has 7 heteroatoms. The predicted octanol–water partition coefficient (Wildman–Crippen LogP) is 5.02. The van der Waals surface area contributed by atoms with Gasteiger partial charge in [0.05, 0.1) is 18.2 Å². The Hall–Kier alpha value is -2.78. The van der Waals surface area contributed by atoms with Crippen LogP contribution in [-0.4, -0.2) is 18.7 Å². The van der Waals surface area contributed by atoms with E-state index in [1.807, 2.05) is 13.0 Å². The molecule has 0 unspecified atom stereocenters. The summed E-state index contributed by atoms with van der Waals surface area (Å²) in [5, 5.41) is 8.74. The van der Waals surface area contributed by atoms with Gasteiger partial charge in [0.2, 0.25) is 0 Å². The number of carbonyl (C=O) groups is 1. The maximum atomic E-state index is 13.8. The number of ether oxygens (including phenoxy) is 3. The zero-order chi connectivity index (χ0) is 18.9. The number of esters is 1. The maximum absolute atomic E-state index is 13.8. The Labute approximate surface area is 164 Å². The highest BCUT2D eigenvalue weighted by molar-refractivity contribution is 5.85. The molecule has 0 aliphatic carbocycles. The van der Waals surface area contributed by atoms with Gasteiger partial charge < -0.3 is 14.2 Å². The first-order valence-corrected chi connectivity index (χ1v) is 8.34. The summed E-state index contributed by atoms with van der Waals surface area (Å²) in [4.78, 5) is 11.8. The number of hydrogen-bond donors (Lipinski definition) is 0. The molecule has 0 aliphatic heterocycles. The lowest BCUT2D eigenvalue weighted by atomic mass is 10.2. The average molecular weight is 394 g/mol. The number of unbranched alkanes of at least 4 members (excludes halogenated alkanes) is 1. The highest BCUT2D eigenvalue weighted by Crippen LogP contribution is 2.27. The van der Waals surface area contributed by atoms with Crippen LogP contribution >= 0.6 is 12.4 Å². The molecule has 5 nitrogen and oxygen atoms in total. The SMILES string of the molecule is CCCCOC(=O)[C@@H](C)Oc1ccc(Oc2ccc(C#N)cc2F)cc1.Cl. The van der Waals surface area contributed by atoms with Crippen LogP contribution in [0.3, 0.4) is 0 Å². The van der Waals surface area contributed by atoms with Crippen LogP contribution in [0.15, 0.2) is 42.5 Å². The second-order valence-electron chi connectivity index (χ2n) is 5.61. The van der Waals surface area contributed by atoms with Gasteiger partial charge in [-0.2, -0.15) is 5.26 Å². The molecule has 0 radical (unpaired) electrons. The molecule has 0 fully saturated rings. The topological polar surface area (TPSA) is 68.6 Å². The van der Waals surface area contributed by atoms with Crippen LogP contribution < -0.4 is 9.47 Å². The molecule has 1 atom stereocenters. The van der Waals surface area contributed by atoms with E-state index in [9.17, 15) is 9.18 Å². The summed E-state index contributed by atoms with van der Waals surface area (Å²) in [5.41, 5.74) is 0.221. The minimum Gasteiger partial charge on any atom is -0.479 e.